The van der Waals surface area contributed by atoms with E-state index in [0.29, 0.717) is 42.4 Å². The van der Waals surface area contributed by atoms with E-state index in [1.165, 1.54) is 5.01 Å². The molecule has 0 N–H and O–H groups in total. The molecule has 0 radical (unpaired) electrons. The second-order valence-electron chi connectivity index (χ2n) is 11.7. The fraction of sp³-hybridized carbons (Fsp3) is 0.500. The molecule has 5 rings (SSSR count). The quantitative estimate of drug-likeness (QED) is 0.360. The largest absolute Gasteiger partial charge is 0.490 e. The Labute approximate surface area is 255 Å². The SMILES string of the molecule is CCOc1ccc(C2=NN(c3ccc(C(=O)N4CCN(CCCN(C)C)CC4)cc3)C(=O)[C@@H]3CC=CC[C@H]23)cc1OCC. The van der Waals surface area contributed by atoms with Gasteiger partial charge in [-0.1, -0.05) is 12.2 Å². The zero-order valence-corrected chi connectivity index (χ0v) is 26.0. The summed E-state index contributed by atoms with van der Waals surface area (Å²) in [6.07, 6.45) is 6.80. The number of amides is 2. The highest BCUT2D eigenvalue weighted by atomic mass is 16.5. The van der Waals surface area contributed by atoms with Gasteiger partial charge in [0.15, 0.2) is 11.5 Å². The van der Waals surface area contributed by atoms with Crippen molar-refractivity contribution in [3.8, 4) is 11.5 Å². The van der Waals surface area contributed by atoms with Gasteiger partial charge in [0.2, 0.25) is 0 Å². The lowest BCUT2D eigenvalue weighted by molar-refractivity contribution is -0.123. The van der Waals surface area contributed by atoms with Crippen LogP contribution in [0.1, 0.15) is 49.0 Å². The maximum Gasteiger partial charge on any atom is 0.253 e. The van der Waals surface area contributed by atoms with Gasteiger partial charge in [-0.15, -0.1) is 0 Å². The number of benzene rings is 2. The molecule has 2 aromatic rings. The zero-order chi connectivity index (χ0) is 30.3. The van der Waals surface area contributed by atoms with Crippen LogP contribution in [-0.2, 0) is 4.79 Å². The van der Waals surface area contributed by atoms with Gasteiger partial charge in [-0.3, -0.25) is 14.5 Å². The van der Waals surface area contributed by atoms with Gasteiger partial charge >= 0.3 is 0 Å². The summed E-state index contributed by atoms with van der Waals surface area (Å²) in [6, 6.07) is 13.2. The highest BCUT2D eigenvalue weighted by Crippen LogP contribution is 2.38. The Kier molecular flexibility index (Phi) is 10.1. The molecule has 9 nitrogen and oxygen atoms in total. The third-order valence-corrected chi connectivity index (χ3v) is 8.45. The van der Waals surface area contributed by atoms with Gasteiger partial charge in [0.25, 0.3) is 11.8 Å². The van der Waals surface area contributed by atoms with Crippen LogP contribution in [0.2, 0.25) is 0 Å². The second-order valence-corrected chi connectivity index (χ2v) is 11.7. The van der Waals surface area contributed by atoms with Crippen LogP contribution in [0.15, 0.2) is 59.7 Å². The molecular weight excluding hydrogens is 542 g/mol. The van der Waals surface area contributed by atoms with Crippen molar-refractivity contribution in [1.82, 2.24) is 14.7 Å². The normalized spacial score (nSPS) is 20.7. The van der Waals surface area contributed by atoms with E-state index in [-0.39, 0.29) is 23.7 Å². The van der Waals surface area contributed by atoms with Crippen molar-refractivity contribution in [2.75, 3.05) is 71.6 Å². The van der Waals surface area contributed by atoms with Crippen molar-refractivity contribution < 1.29 is 19.1 Å². The van der Waals surface area contributed by atoms with E-state index in [4.69, 9.17) is 14.6 Å². The molecule has 9 heteroatoms. The Bertz CT molecular complexity index is 1330. The first-order chi connectivity index (χ1) is 20.9. The van der Waals surface area contributed by atoms with E-state index in [9.17, 15) is 9.59 Å². The summed E-state index contributed by atoms with van der Waals surface area (Å²) < 4.78 is 11.7. The van der Waals surface area contributed by atoms with Gasteiger partial charge in [-0.05, 0) is 103 Å². The summed E-state index contributed by atoms with van der Waals surface area (Å²) in [4.78, 5) is 33.6. The molecule has 0 spiro atoms. The number of hydrazone groups is 1. The fourth-order valence-corrected chi connectivity index (χ4v) is 6.16. The molecule has 0 aromatic heterocycles. The lowest BCUT2D eigenvalue weighted by Crippen LogP contribution is -2.49. The number of ether oxygens (including phenoxy) is 2. The monoisotopic (exact) mass is 587 g/mol. The molecule has 1 saturated heterocycles. The van der Waals surface area contributed by atoms with Gasteiger partial charge < -0.3 is 19.3 Å². The number of anilines is 1. The summed E-state index contributed by atoms with van der Waals surface area (Å²) in [5.41, 5.74) is 3.07. The number of hydrogen-bond acceptors (Lipinski definition) is 7. The Morgan fingerprint density at radius 2 is 1.58 bits per heavy atom. The molecule has 0 bridgehead atoms. The number of fused-ring (bicyclic) bond motifs is 1. The third-order valence-electron chi connectivity index (χ3n) is 8.45. The number of carbonyl (C=O) groups is 2. The number of piperazine rings is 1. The number of carbonyl (C=O) groups excluding carboxylic acids is 2. The highest BCUT2D eigenvalue weighted by molar-refractivity contribution is 6.11. The van der Waals surface area contributed by atoms with Gasteiger partial charge in [0.05, 0.1) is 30.5 Å². The smallest absolute Gasteiger partial charge is 0.253 e. The van der Waals surface area contributed by atoms with Crippen LogP contribution in [0, 0.1) is 11.8 Å². The molecule has 1 aliphatic carbocycles. The number of rotatable bonds is 11. The van der Waals surface area contributed by atoms with Crippen LogP contribution < -0.4 is 14.5 Å². The fourth-order valence-electron chi connectivity index (χ4n) is 6.16. The lowest BCUT2D eigenvalue weighted by atomic mass is 9.76. The molecule has 0 saturated carbocycles. The lowest BCUT2D eigenvalue weighted by Gasteiger charge is -2.37. The third kappa shape index (κ3) is 7.11. The summed E-state index contributed by atoms with van der Waals surface area (Å²) in [7, 11) is 4.19. The van der Waals surface area contributed by atoms with Crippen LogP contribution >= 0.6 is 0 Å². The van der Waals surface area contributed by atoms with Crippen LogP contribution in [0.25, 0.3) is 0 Å². The highest BCUT2D eigenvalue weighted by Gasteiger charge is 2.41. The predicted molar refractivity (Wildman–Crippen MR) is 170 cm³/mol. The Balaban J connectivity index is 1.33. The average molecular weight is 588 g/mol. The molecule has 43 heavy (non-hydrogen) atoms. The van der Waals surface area contributed by atoms with E-state index >= 15 is 0 Å². The molecule has 1 fully saturated rings. The molecule has 3 aliphatic rings. The molecule has 2 aromatic carbocycles. The summed E-state index contributed by atoms with van der Waals surface area (Å²) >= 11 is 0. The molecule has 2 atom stereocenters. The molecule has 0 unspecified atom stereocenters. The minimum absolute atomic E-state index is 0.0106. The first kappa shape index (κ1) is 30.8. The van der Waals surface area contributed by atoms with Gasteiger partial charge in [0, 0.05) is 43.2 Å². The van der Waals surface area contributed by atoms with E-state index in [1.807, 2.05) is 61.2 Å². The van der Waals surface area contributed by atoms with Crippen molar-refractivity contribution in [2.24, 2.45) is 16.9 Å². The summed E-state index contributed by atoms with van der Waals surface area (Å²) in [5, 5.41) is 6.46. The van der Waals surface area contributed by atoms with Crippen molar-refractivity contribution in [3.63, 3.8) is 0 Å². The summed E-state index contributed by atoms with van der Waals surface area (Å²) in [5.74, 6) is 1.18. The maximum atomic E-state index is 13.7. The zero-order valence-electron chi connectivity index (χ0n) is 26.0. The topological polar surface area (TPSA) is 77.9 Å². The van der Waals surface area contributed by atoms with Crippen molar-refractivity contribution in [1.29, 1.82) is 0 Å². The standard InChI is InChI=1S/C34H45N5O4/c1-5-42-30-17-14-26(24-31(30)43-6-2)32-28-10-7-8-11-29(28)34(41)39(35-32)27-15-12-25(13-16-27)33(40)38-22-20-37(21-23-38)19-9-18-36(3)4/h7-8,12-17,24,28-29H,5-6,9-11,18-23H2,1-4H3/t28-,29+/m0/s1. The van der Waals surface area contributed by atoms with E-state index in [0.717, 1.165) is 63.4 Å². The first-order valence-electron chi connectivity index (χ1n) is 15.6. The van der Waals surface area contributed by atoms with Crippen LogP contribution in [0.3, 0.4) is 0 Å². The number of hydrogen-bond donors (Lipinski definition) is 0. The minimum atomic E-state index is -0.199. The summed E-state index contributed by atoms with van der Waals surface area (Å²) in [6.45, 7) is 10.3. The Hall–Kier alpha value is -3.69. The molecule has 2 heterocycles. The Morgan fingerprint density at radius 3 is 2.26 bits per heavy atom. The Morgan fingerprint density at radius 1 is 0.907 bits per heavy atom. The molecule has 230 valence electrons. The second kappa shape index (κ2) is 14.2. The van der Waals surface area contributed by atoms with Crippen molar-refractivity contribution in [2.45, 2.75) is 33.1 Å². The van der Waals surface area contributed by atoms with E-state index < -0.39 is 0 Å². The number of nitrogens with zero attached hydrogens (tertiary/aromatic N) is 5. The van der Waals surface area contributed by atoms with Crippen molar-refractivity contribution in [3.05, 3.63) is 65.7 Å². The number of allylic oxidation sites excluding steroid dienone is 2. The minimum Gasteiger partial charge on any atom is -0.490 e. The van der Waals surface area contributed by atoms with Gasteiger partial charge in [-0.2, -0.15) is 5.10 Å². The van der Waals surface area contributed by atoms with Crippen LogP contribution in [-0.4, -0.2) is 98.8 Å². The maximum absolute atomic E-state index is 13.7. The van der Waals surface area contributed by atoms with Crippen LogP contribution in [0.5, 0.6) is 11.5 Å². The molecule has 2 amide bonds. The van der Waals surface area contributed by atoms with Crippen LogP contribution in [0.4, 0.5) is 5.69 Å². The predicted octanol–water partition coefficient (Wildman–Crippen LogP) is 4.53. The van der Waals surface area contributed by atoms with E-state index in [1.54, 1.807) is 0 Å². The first-order valence-corrected chi connectivity index (χ1v) is 15.6. The van der Waals surface area contributed by atoms with Gasteiger partial charge in [0.1, 0.15) is 0 Å². The molecule has 2 aliphatic heterocycles. The van der Waals surface area contributed by atoms with E-state index in [2.05, 4.69) is 36.0 Å². The average Bonchev–Trinajstić information content (AvgIpc) is 3.02. The van der Waals surface area contributed by atoms with Gasteiger partial charge in [-0.25, -0.2) is 5.01 Å². The molecular formula is C34H45N5O4. The van der Waals surface area contributed by atoms with Crippen molar-refractivity contribution >= 4 is 23.2 Å².